The topological polar surface area (TPSA) is 51.6 Å². The lowest BCUT2D eigenvalue weighted by Crippen LogP contribution is -2.22. The summed E-state index contributed by atoms with van der Waals surface area (Å²) >= 11 is 0. The van der Waals surface area contributed by atoms with Gasteiger partial charge in [0.05, 0.1) is 18.8 Å². The van der Waals surface area contributed by atoms with E-state index in [1.54, 1.807) is 6.07 Å². The van der Waals surface area contributed by atoms with Crippen molar-refractivity contribution < 1.29 is 14.6 Å². The summed E-state index contributed by atoms with van der Waals surface area (Å²) in [6.07, 6.45) is 1.91. The van der Waals surface area contributed by atoms with Crippen molar-refractivity contribution in [2.45, 2.75) is 52.7 Å². The van der Waals surface area contributed by atoms with Crippen LogP contribution in [0.4, 0.5) is 0 Å². The second kappa shape index (κ2) is 7.46. The molecule has 0 fully saturated rings. The Bertz CT molecular complexity index is 385. The zero-order chi connectivity index (χ0) is 14.3. The van der Waals surface area contributed by atoms with E-state index in [1.165, 1.54) is 0 Å². The zero-order valence-corrected chi connectivity index (χ0v) is 12.4. The highest BCUT2D eigenvalue weighted by atomic mass is 16.5. The molecule has 19 heavy (non-hydrogen) atoms. The molecule has 0 bridgehead atoms. The lowest BCUT2D eigenvalue weighted by atomic mass is 10.2. The summed E-state index contributed by atoms with van der Waals surface area (Å²) in [5, 5.41) is 9.22. The first-order valence-electron chi connectivity index (χ1n) is 6.82. The molecular weight excluding hydrogens is 242 g/mol. The monoisotopic (exact) mass is 267 g/mol. The molecule has 4 heteroatoms. The van der Waals surface area contributed by atoms with Crippen LogP contribution in [0.25, 0.3) is 0 Å². The molecule has 0 aliphatic carbocycles. The van der Waals surface area contributed by atoms with Gasteiger partial charge < -0.3 is 14.6 Å². The smallest absolute Gasteiger partial charge is 0.213 e. The molecule has 0 aliphatic rings. The number of aromatic nitrogens is 1. The molecule has 0 radical (unpaired) electrons. The first-order chi connectivity index (χ1) is 8.94. The summed E-state index contributed by atoms with van der Waals surface area (Å²) in [5.41, 5.74) is 1.64. The zero-order valence-electron chi connectivity index (χ0n) is 12.4. The van der Waals surface area contributed by atoms with Crippen LogP contribution < -0.4 is 4.74 Å². The maximum atomic E-state index is 9.22. The SMILES string of the molecule is CCCc1cc(CO)cc(OCCOC(C)(C)C)n1. The molecule has 0 atom stereocenters. The van der Waals surface area contributed by atoms with E-state index in [-0.39, 0.29) is 12.2 Å². The molecule has 1 rings (SSSR count). The molecule has 0 unspecified atom stereocenters. The molecule has 0 amide bonds. The Balaban J connectivity index is 2.54. The Morgan fingerprint density at radius 3 is 2.53 bits per heavy atom. The number of aliphatic hydroxyl groups is 1. The van der Waals surface area contributed by atoms with Gasteiger partial charge in [0.25, 0.3) is 0 Å². The van der Waals surface area contributed by atoms with Crippen LogP contribution in [0, 0.1) is 0 Å². The normalized spacial score (nSPS) is 11.6. The van der Waals surface area contributed by atoms with Gasteiger partial charge in [0.2, 0.25) is 5.88 Å². The Morgan fingerprint density at radius 1 is 1.21 bits per heavy atom. The van der Waals surface area contributed by atoms with E-state index >= 15 is 0 Å². The number of nitrogens with zero attached hydrogens (tertiary/aromatic N) is 1. The van der Waals surface area contributed by atoms with Crippen molar-refractivity contribution in [3.63, 3.8) is 0 Å². The van der Waals surface area contributed by atoms with Gasteiger partial charge in [-0.25, -0.2) is 4.98 Å². The van der Waals surface area contributed by atoms with Crippen molar-refractivity contribution in [1.29, 1.82) is 0 Å². The predicted octanol–water partition coefficient (Wildman–Crippen LogP) is 2.72. The van der Waals surface area contributed by atoms with E-state index in [2.05, 4.69) is 11.9 Å². The minimum Gasteiger partial charge on any atom is -0.475 e. The van der Waals surface area contributed by atoms with E-state index in [0.29, 0.717) is 19.1 Å². The summed E-state index contributed by atoms with van der Waals surface area (Å²) in [7, 11) is 0. The van der Waals surface area contributed by atoms with Crippen LogP contribution >= 0.6 is 0 Å². The van der Waals surface area contributed by atoms with Gasteiger partial charge in [0, 0.05) is 11.8 Å². The number of hydrogen-bond donors (Lipinski definition) is 1. The third kappa shape index (κ3) is 6.55. The fourth-order valence-electron chi connectivity index (χ4n) is 1.66. The highest BCUT2D eigenvalue weighted by Crippen LogP contribution is 2.14. The Morgan fingerprint density at radius 2 is 1.95 bits per heavy atom. The van der Waals surface area contributed by atoms with E-state index in [1.807, 2.05) is 26.8 Å². The van der Waals surface area contributed by atoms with Crippen LogP contribution in [0.15, 0.2) is 12.1 Å². The van der Waals surface area contributed by atoms with Gasteiger partial charge in [-0.1, -0.05) is 13.3 Å². The molecular formula is C15H25NO3. The molecule has 1 N–H and O–H groups in total. The van der Waals surface area contributed by atoms with Crippen molar-refractivity contribution in [2.24, 2.45) is 0 Å². The van der Waals surface area contributed by atoms with Crippen LogP contribution in [0.2, 0.25) is 0 Å². The highest BCUT2D eigenvalue weighted by Gasteiger charge is 2.09. The summed E-state index contributed by atoms with van der Waals surface area (Å²) in [5.74, 6) is 0.563. The predicted molar refractivity (Wildman–Crippen MR) is 75.4 cm³/mol. The molecule has 0 spiro atoms. The number of aliphatic hydroxyl groups excluding tert-OH is 1. The summed E-state index contributed by atoms with van der Waals surface area (Å²) in [6.45, 7) is 9.13. The largest absolute Gasteiger partial charge is 0.475 e. The molecule has 108 valence electrons. The number of hydrogen-bond acceptors (Lipinski definition) is 4. The van der Waals surface area contributed by atoms with Crippen LogP contribution in [-0.2, 0) is 17.8 Å². The number of rotatable bonds is 7. The summed E-state index contributed by atoms with van der Waals surface area (Å²) < 4.78 is 11.2. The van der Waals surface area contributed by atoms with Gasteiger partial charge in [-0.3, -0.25) is 0 Å². The molecule has 0 aromatic carbocycles. The Hall–Kier alpha value is -1.13. The lowest BCUT2D eigenvalue weighted by Gasteiger charge is -2.19. The highest BCUT2D eigenvalue weighted by molar-refractivity contribution is 5.24. The summed E-state index contributed by atoms with van der Waals surface area (Å²) in [6, 6.07) is 3.69. The third-order valence-corrected chi connectivity index (χ3v) is 2.47. The van der Waals surface area contributed by atoms with E-state index in [9.17, 15) is 5.11 Å². The molecule has 1 aromatic heterocycles. The molecule has 0 saturated carbocycles. The Labute approximate surface area is 115 Å². The molecule has 1 aromatic rings. The van der Waals surface area contributed by atoms with Crippen molar-refractivity contribution in [1.82, 2.24) is 4.98 Å². The van der Waals surface area contributed by atoms with Crippen molar-refractivity contribution in [2.75, 3.05) is 13.2 Å². The molecule has 1 heterocycles. The van der Waals surface area contributed by atoms with Crippen LogP contribution in [0.1, 0.15) is 45.4 Å². The quantitative estimate of drug-likeness (QED) is 0.772. The maximum absolute atomic E-state index is 9.22. The second-order valence-corrected chi connectivity index (χ2v) is 5.52. The van der Waals surface area contributed by atoms with Gasteiger partial charge in [0.15, 0.2) is 0 Å². The van der Waals surface area contributed by atoms with E-state index < -0.39 is 0 Å². The Kier molecular flexibility index (Phi) is 6.25. The first kappa shape index (κ1) is 15.9. The molecule has 0 saturated heterocycles. The van der Waals surface area contributed by atoms with Gasteiger partial charge in [0.1, 0.15) is 6.61 Å². The summed E-state index contributed by atoms with van der Waals surface area (Å²) in [4.78, 5) is 4.42. The first-order valence-corrected chi connectivity index (χ1v) is 6.82. The minimum absolute atomic E-state index is 0.00802. The minimum atomic E-state index is -0.156. The van der Waals surface area contributed by atoms with Crippen LogP contribution in [0.3, 0.4) is 0 Å². The van der Waals surface area contributed by atoms with Gasteiger partial charge in [-0.15, -0.1) is 0 Å². The van der Waals surface area contributed by atoms with E-state index in [4.69, 9.17) is 9.47 Å². The van der Waals surface area contributed by atoms with Gasteiger partial charge >= 0.3 is 0 Å². The number of aryl methyl sites for hydroxylation is 1. The molecule has 4 nitrogen and oxygen atoms in total. The number of ether oxygens (including phenoxy) is 2. The van der Waals surface area contributed by atoms with Crippen LogP contribution in [0.5, 0.6) is 5.88 Å². The van der Waals surface area contributed by atoms with Crippen molar-refractivity contribution >= 4 is 0 Å². The second-order valence-electron chi connectivity index (χ2n) is 5.52. The van der Waals surface area contributed by atoms with Crippen molar-refractivity contribution in [3.8, 4) is 5.88 Å². The van der Waals surface area contributed by atoms with Gasteiger partial charge in [-0.05, 0) is 38.8 Å². The number of pyridine rings is 1. The lowest BCUT2D eigenvalue weighted by molar-refractivity contribution is -0.0168. The van der Waals surface area contributed by atoms with Gasteiger partial charge in [-0.2, -0.15) is 0 Å². The van der Waals surface area contributed by atoms with Crippen LogP contribution in [-0.4, -0.2) is 28.9 Å². The standard InChI is InChI=1S/C15H25NO3/c1-5-6-13-9-12(11-17)10-14(16-13)18-7-8-19-15(2,3)4/h9-10,17H,5-8,11H2,1-4H3. The third-order valence-electron chi connectivity index (χ3n) is 2.47. The maximum Gasteiger partial charge on any atom is 0.213 e. The average molecular weight is 267 g/mol. The van der Waals surface area contributed by atoms with E-state index in [0.717, 1.165) is 24.1 Å². The fourth-order valence-corrected chi connectivity index (χ4v) is 1.66. The molecule has 0 aliphatic heterocycles. The van der Waals surface area contributed by atoms with Crippen molar-refractivity contribution in [3.05, 3.63) is 23.4 Å². The fraction of sp³-hybridized carbons (Fsp3) is 0.667. The average Bonchev–Trinajstić information content (AvgIpc) is 2.34.